The van der Waals surface area contributed by atoms with Crippen molar-refractivity contribution < 1.29 is 13.7 Å². The van der Waals surface area contributed by atoms with Gasteiger partial charge in [0.15, 0.2) is 0 Å². The fraction of sp³-hybridized carbons (Fsp3) is 0.364. The normalized spacial score (nSPS) is 12.1. The lowest BCUT2D eigenvalue weighted by Crippen LogP contribution is -2.04. The summed E-state index contributed by atoms with van der Waals surface area (Å²) >= 11 is 0. The molecule has 3 nitrogen and oxygen atoms in total. The van der Waals surface area contributed by atoms with Crippen molar-refractivity contribution in [3.63, 3.8) is 0 Å². The van der Waals surface area contributed by atoms with Gasteiger partial charge in [0.2, 0.25) is 0 Å². The number of carbonyl (C=O) groups excluding carboxylic acids is 1. The van der Waals surface area contributed by atoms with Crippen LogP contribution in [0.25, 0.3) is 0 Å². The highest BCUT2D eigenvalue weighted by Crippen LogP contribution is 2.08. The van der Waals surface area contributed by atoms with E-state index >= 15 is 0 Å². The molecule has 1 aromatic rings. The number of benzene rings is 1. The minimum atomic E-state index is -0.855. The van der Waals surface area contributed by atoms with Crippen LogP contribution in [0.4, 0.5) is 0 Å². The molecule has 15 heavy (non-hydrogen) atoms. The summed E-state index contributed by atoms with van der Waals surface area (Å²) in [6.45, 7) is 0. The Hall–Kier alpha value is -1.16. The van der Waals surface area contributed by atoms with Gasteiger partial charge in [-0.2, -0.15) is 0 Å². The number of hydrogen-bond donors (Lipinski definition) is 0. The summed E-state index contributed by atoms with van der Waals surface area (Å²) in [7, 11) is 0.513. The van der Waals surface area contributed by atoms with E-state index in [1.165, 1.54) is 7.11 Å². The van der Waals surface area contributed by atoms with Crippen LogP contribution >= 0.6 is 0 Å². The van der Waals surface area contributed by atoms with Crippen molar-refractivity contribution in [3.8, 4) is 0 Å². The molecule has 0 aliphatic heterocycles. The lowest BCUT2D eigenvalue weighted by Gasteiger charge is -2.03. The van der Waals surface area contributed by atoms with E-state index in [-0.39, 0.29) is 12.4 Å². The van der Waals surface area contributed by atoms with Gasteiger partial charge in [0.1, 0.15) is 0 Å². The Morgan fingerprint density at radius 2 is 2.07 bits per heavy atom. The molecule has 0 aliphatic carbocycles. The van der Waals surface area contributed by atoms with Crippen molar-refractivity contribution in [2.75, 3.05) is 13.4 Å². The van der Waals surface area contributed by atoms with Crippen LogP contribution in [0.15, 0.2) is 24.3 Å². The second-order valence-electron chi connectivity index (χ2n) is 3.29. The van der Waals surface area contributed by atoms with Crippen molar-refractivity contribution >= 4 is 16.8 Å². The van der Waals surface area contributed by atoms with Crippen molar-refractivity contribution in [2.24, 2.45) is 0 Å². The Bertz CT molecular complexity index is 374. The largest absolute Gasteiger partial charge is 0.469 e. The van der Waals surface area contributed by atoms with E-state index in [2.05, 4.69) is 4.74 Å². The lowest BCUT2D eigenvalue weighted by atomic mass is 10.1. The number of ether oxygens (including phenoxy) is 1. The van der Waals surface area contributed by atoms with E-state index in [1.54, 1.807) is 6.26 Å². The maximum absolute atomic E-state index is 11.0. The summed E-state index contributed by atoms with van der Waals surface area (Å²) in [6, 6.07) is 7.51. The first kappa shape index (κ1) is 11.9. The predicted octanol–water partition coefficient (Wildman–Crippen LogP) is 1.28. The second kappa shape index (κ2) is 5.66. The van der Waals surface area contributed by atoms with Gasteiger partial charge in [-0.1, -0.05) is 24.3 Å². The summed E-state index contributed by atoms with van der Waals surface area (Å²) in [6.07, 6.45) is 1.92. The average molecular weight is 226 g/mol. The van der Waals surface area contributed by atoms with Crippen molar-refractivity contribution in [2.45, 2.75) is 12.2 Å². The number of carbonyl (C=O) groups is 1. The molecule has 0 amide bonds. The third kappa shape index (κ3) is 4.25. The monoisotopic (exact) mass is 226 g/mol. The van der Waals surface area contributed by atoms with Crippen LogP contribution in [0.2, 0.25) is 0 Å². The molecule has 0 bridgehead atoms. The van der Waals surface area contributed by atoms with Crippen LogP contribution in [0, 0.1) is 0 Å². The Morgan fingerprint density at radius 3 is 2.67 bits per heavy atom. The Kier molecular flexibility index (Phi) is 4.49. The molecule has 0 saturated heterocycles. The van der Waals surface area contributed by atoms with Crippen molar-refractivity contribution in [3.05, 3.63) is 35.4 Å². The Balaban J connectivity index is 2.74. The molecule has 1 rings (SSSR count). The fourth-order valence-electron chi connectivity index (χ4n) is 1.30. The molecule has 1 aromatic carbocycles. The summed E-state index contributed by atoms with van der Waals surface area (Å²) in [4.78, 5) is 11.0. The molecule has 1 unspecified atom stereocenters. The van der Waals surface area contributed by atoms with Gasteiger partial charge in [-0.3, -0.25) is 9.00 Å². The van der Waals surface area contributed by atoms with Gasteiger partial charge >= 0.3 is 5.97 Å². The standard InChI is InChI=1S/C11H14O3S/c1-14-11(12)7-9-4-3-5-10(6-9)8-15(2)13/h3-6H,7-8H2,1-2H3. The van der Waals surface area contributed by atoms with Gasteiger partial charge in [0.05, 0.1) is 13.5 Å². The molecular formula is C11H14O3S. The van der Waals surface area contributed by atoms with Crippen LogP contribution < -0.4 is 0 Å². The van der Waals surface area contributed by atoms with Gasteiger partial charge in [-0.15, -0.1) is 0 Å². The number of rotatable bonds is 4. The summed E-state index contributed by atoms with van der Waals surface area (Å²) in [5, 5.41) is 0. The summed E-state index contributed by atoms with van der Waals surface area (Å²) in [5.74, 6) is 0.263. The molecule has 82 valence electrons. The Labute approximate surface area is 91.9 Å². The first-order valence-corrected chi connectivity index (χ1v) is 6.29. The predicted molar refractivity (Wildman–Crippen MR) is 59.9 cm³/mol. The topological polar surface area (TPSA) is 43.4 Å². The maximum atomic E-state index is 11.0. The third-order valence-electron chi connectivity index (χ3n) is 1.94. The average Bonchev–Trinajstić information content (AvgIpc) is 2.17. The number of hydrogen-bond acceptors (Lipinski definition) is 3. The van der Waals surface area contributed by atoms with Gasteiger partial charge < -0.3 is 4.74 Å². The zero-order chi connectivity index (χ0) is 11.3. The molecular weight excluding hydrogens is 212 g/mol. The molecule has 0 heterocycles. The molecule has 0 fully saturated rings. The highest BCUT2D eigenvalue weighted by Gasteiger charge is 2.03. The van der Waals surface area contributed by atoms with Crippen LogP contribution in [0.5, 0.6) is 0 Å². The Morgan fingerprint density at radius 1 is 1.40 bits per heavy atom. The van der Waals surface area contributed by atoms with Crippen molar-refractivity contribution in [1.82, 2.24) is 0 Å². The van der Waals surface area contributed by atoms with Gasteiger partial charge in [-0.05, 0) is 11.1 Å². The fourth-order valence-corrected chi connectivity index (χ4v) is 1.95. The SMILES string of the molecule is COC(=O)Cc1cccc(CS(C)=O)c1. The van der Waals surface area contributed by atoms with Crippen molar-refractivity contribution in [1.29, 1.82) is 0 Å². The summed E-state index contributed by atoms with van der Waals surface area (Å²) < 4.78 is 15.6. The van der Waals surface area contributed by atoms with E-state index in [1.807, 2.05) is 24.3 Å². The molecule has 1 atom stereocenters. The van der Waals surface area contributed by atoms with E-state index in [0.29, 0.717) is 5.75 Å². The minimum absolute atomic E-state index is 0.259. The zero-order valence-corrected chi connectivity index (χ0v) is 9.67. The first-order valence-electron chi connectivity index (χ1n) is 4.56. The molecule has 0 aromatic heterocycles. The van der Waals surface area contributed by atoms with Crippen LogP contribution in [0.1, 0.15) is 11.1 Å². The van der Waals surface area contributed by atoms with Gasteiger partial charge in [0, 0.05) is 22.8 Å². The maximum Gasteiger partial charge on any atom is 0.309 e. The lowest BCUT2D eigenvalue weighted by molar-refractivity contribution is -0.139. The van der Waals surface area contributed by atoms with E-state index in [4.69, 9.17) is 0 Å². The third-order valence-corrected chi connectivity index (χ3v) is 2.68. The quantitative estimate of drug-likeness (QED) is 0.726. The highest BCUT2D eigenvalue weighted by molar-refractivity contribution is 7.83. The highest BCUT2D eigenvalue weighted by atomic mass is 32.2. The van der Waals surface area contributed by atoms with Crippen LogP contribution in [-0.4, -0.2) is 23.5 Å². The molecule has 0 spiro atoms. The van der Waals surface area contributed by atoms with Crippen LogP contribution in [-0.2, 0) is 32.5 Å². The molecule has 0 N–H and O–H groups in total. The second-order valence-corrected chi connectivity index (χ2v) is 4.73. The number of methoxy groups -OCH3 is 1. The minimum Gasteiger partial charge on any atom is -0.469 e. The number of esters is 1. The molecule has 4 heteroatoms. The molecule has 0 aliphatic rings. The molecule has 0 radical (unpaired) electrons. The van der Waals surface area contributed by atoms with Crippen LogP contribution in [0.3, 0.4) is 0 Å². The first-order chi connectivity index (χ1) is 7.11. The van der Waals surface area contributed by atoms with E-state index in [0.717, 1.165) is 11.1 Å². The molecule has 0 saturated carbocycles. The van der Waals surface area contributed by atoms with Gasteiger partial charge in [-0.25, -0.2) is 0 Å². The smallest absolute Gasteiger partial charge is 0.309 e. The van der Waals surface area contributed by atoms with Gasteiger partial charge in [0.25, 0.3) is 0 Å². The summed E-state index contributed by atoms with van der Waals surface area (Å²) in [5.41, 5.74) is 1.88. The van der Waals surface area contributed by atoms with E-state index in [9.17, 15) is 9.00 Å². The van der Waals surface area contributed by atoms with E-state index < -0.39 is 10.8 Å². The zero-order valence-electron chi connectivity index (χ0n) is 8.86.